The predicted molar refractivity (Wildman–Crippen MR) is 87.8 cm³/mol. The quantitative estimate of drug-likeness (QED) is 0.381. The van der Waals surface area contributed by atoms with Gasteiger partial charge in [0.2, 0.25) is 0 Å². The van der Waals surface area contributed by atoms with Crippen molar-refractivity contribution in [2.45, 2.75) is 76.9 Å². The summed E-state index contributed by atoms with van der Waals surface area (Å²) in [6, 6.07) is 10.00. The van der Waals surface area contributed by atoms with Gasteiger partial charge in [-0.15, -0.1) is 0 Å². The second-order valence-corrected chi connectivity index (χ2v) is 6.10. The van der Waals surface area contributed by atoms with E-state index in [1.165, 1.54) is 57.8 Å². The zero-order chi connectivity index (χ0) is 14.8. The molecule has 1 aliphatic rings. The van der Waals surface area contributed by atoms with Crippen LogP contribution in [0.1, 0.15) is 64.7 Å². The van der Waals surface area contributed by atoms with E-state index < -0.39 is 0 Å². The first-order chi connectivity index (χ1) is 10.4. The highest BCUT2D eigenvalue weighted by Crippen LogP contribution is 2.28. The molecule has 0 N–H and O–H groups in total. The van der Waals surface area contributed by atoms with Gasteiger partial charge in [-0.25, -0.2) is 0 Å². The van der Waals surface area contributed by atoms with E-state index in [1.54, 1.807) is 0 Å². The second-order valence-electron chi connectivity index (χ2n) is 6.10. The van der Waals surface area contributed by atoms with E-state index in [2.05, 4.69) is 6.92 Å². The van der Waals surface area contributed by atoms with Gasteiger partial charge in [0.15, 0.2) is 0 Å². The molecule has 0 aromatic heterocycles. The molecule has 2 nitrogen and oxygen atoms in total. The number of hydrogen-bond donors (Lipinski definition) is 0. The van der Waals surface area contributed by atoms with Crippen molar-refractivity contribution in [3.8, 4) is 5.75 Å². The molecule has 0 radical (unpaired) electrons. The van der Waals surface area contributed by atoms with Crippen LogP contribution in [0, 0.1) is 0 Å². The lowest BCUT2D eigenvalue weighted by atomic mass is 10.1. The van der Waals surface area contributed by atoms with Crippen LogP contribution in [-0.4, -0.2) is 18.8 Å². The highest BCUT2D eigenvalue weighted by Gasteiger charge is 2.38. The molecule has 1 heterocycles. The van der Waals surface area contributed by atoms with Gasteiger partial charge in [-0.3, -0.25) is 0 Å². The fraction of sp³-hybridized carbons (Fsp3) is 0.684. The van der Waals surface area contributed by atoms with Crippen LogP contribution in [0.25, 0.3) is 0 Å². The molecule has 21 heavy (non-hydrogen) atoms. The molecule has 1 saturated heterocycles. The summed E-state index contributed by atoms with van der Waals surface area (Å²) in [7, 11) is 0. The van der Waals surface area contributed by atoms with E-state index in [0.717, 1.165) is 5.75 Å². The van der Waals surface area contributed by atoms with Crippen LogP contribution >= 0.6 is 0 Å². The van der Waals surface area contributed by atoms with Gasteiger partial charge < -0.3 is 9.47 Å². The summed E-state index contributed by atoms with van der Waals surface area (Å²) < 4.78 is 11.4. The minimum atomic E-state index is 0.328. The fourth-order valence-corrected chi connectivity index (χ4v) is 2.75. The minimum absolute atomic E-state index is 0.328. The number of para-hydroxylation sites is 1. The highest BCUT2D eigenvalue weighted by molar-refractivity contribution is 5.21. The van der Waals surface area contributed by atoms with Gasteiger partial charge in [0, 0.05) is 0 Å². The van der Waals surface area contributed by atoms with E-state index in [1.807, 2.05) is 30.3 Å². The molecule has 118 valence electrons. The number of unbranched alkanes of at least 4 members (excludes halogenated alkanes) is 7. The molecule has 1 aromatic carbocycles. The van der Waals surface area contributed by atoms with Crippen molar-refractivity contribution in [1.82, 2.24) is 0 Å². The molecule has 2 atom stereocenters. The van der Waals surface area contributed by atoms with Gasteiger partial charge in [-0.2, -0.15) is 0 Å². The van der Waals surface area contributed by atoms with Crippen molar-refractivity contribution in [3.05, 3.63) is 30.3 Å². The smallest absolute Gasteiger partial charge is 0.119 e. The fourth-order valence-electron chi connectivity index (χ4n) is 2.75. The lowest BCUT2D eigenvalue weighted by molar-refractivity contribution is 0.259. The molecule has 2 heteroatoms. The number of hydrogen-bond acceptors (Lipinski definition) is 2. The second kappa shape index (κ2) is 9.83. The van der Waals surface area contributed by atoms with Crippen LogP contribution in [0.5, 0.6) is 5.75 Å². The van der Waals surface area contributed by atoms with E-state index in [9.17, 15) is 0 Å². The summed E-state index contributed by atoms with van der Waals surface area (Å²) in [5.74, 6) is 0.943. The number of ether oxygens (including phenoxy) is 2. The average molecular weight is 290 g/mol. The maximum absolute atomic E-state index is 5.72. The lowest BCUT2D eigenvalue weighted by Crippen LogP contribution is -2.07. The molecule has 0 bridgehead atoms. The lowest BCUT2D eigenvalue weighted by Gasteiger charge is -2.03. The Balaban J connectivity index is 1.40. The van der Waals surface area contributed by atoms with Crippen LogP contribution in [-0.2, 0) is 4.74 Å². The first-order valence-corrected chi connectivity index (χ1v) is 8.73. The van der Waals surface area contributed by atoms with Crippen molar-refractivity contribution in [1.29, 1.82) is 0 Å². The van der Waals surface area contributed by atoms with Crippen LogP contribution in [0.2, 0.25) is 0 Å². The summed E-state index contributed by atoms with van der Waals surface area (Å²) in [5.41, 5.74) is 0. The van der Waals surface area contributed by atoms with Crippen molar-refractivity contribution < 1.29 is 9.47 Å². The topological polar surface area (TPSA) is 21.8 Å². The largest absolute Gasteiger partial charge is 0.491 e. The monoisotopic (exact) mass is 290 g/mol. The summed E-state index contributed by atoms with van der Waals surface area (Å²) >= 11 is 0. The molecule has 2 rings (SSSR count). The maximum atomic E-state index is 5.72. The first-order valence-electron chi connectivity index (χ1n) is 8.73. The molecule has 1 aromatic rings. The standard InChI is InChI=1S/C19H30O2/c1-2-3-4-5-6-7-8-12-15-18-19(21-18)16-20-17-13-10-9-11-14-17/h9-11,13-14,18-19H,2-8,12,15-16H2,1H3. The third-order valence-corrected chi connectivity index (χ3v) is 4.19. The van der Waals surface area contributed by atoms with Gasteiger partial charge in [0.05, 0.1) is 6.10 Å². The molecule has 0 aliphatic carbocycles. The van der Waals surface area contributed by atoms with Crippen LogP contribution in [0.3, 0.4) is 0 Å². The van der Waals surface area contributed by atoms with E-state index >= 15 is 0 Å². The Morgan fingerprint density at radius 2 is 1.52 bits per heavy atom. The van der Waals surface area contributed by atoms with E-state index in [0.29, 0.717) is 18.8 Å². The average Bonchev–Trinajstić information content (AvgIpc) is 3.27. The Kier molecular flexibility index (Phi) is 7.66. The highest BCUT2D eigenvalue weighted by atomic mass is 16.6. The van der Waals surface area contributed by atoms with E-state index in [-0.39, 0.29) is 0 Å². The van der Waals surface area contributed by atoms with Gasteiger partial charge in [-0.1, -0.05) is 76.5 Å². The zero-order valence-electron chi connectivity index (χ0n) is 13.4. The molecule has 2 unspecified atom stereocenters. The van der Waals surface area contributed by atoms with Gasteiger partial charge in [0.25, 0.3) is 0 Å². The summed E-state index contributed by atoms with van der Waals surface area (Å²) in [6.45, 7) is 2.97. The summed E-state index contributed by atoms with van der Waals surface area (Å²) in [6.07, 6.45) is 13.0. The third-order valence-electron chi connectivity index (χ3n) is 4.19. The predicted octanol–water partition coefficient (Wildman–Crippen LogP) is 5.36. The molecular formula is C19H30O2. The van der Waals surface area contributed by atoms with Crippen molar-refractivity contribution in [2.24, 2.45) is 0 Å². The third kappa shape index (κ3) is 6.99. The number of rotatable bonds is 12. The molecule has 0 amide bonds. The minimum Gasteiger partial charge on any atom is -0.491 e. The summed E-state index contributed by atoms with van der Waals surface area (Å²) in [4.78, 5) is 0. The molecule has 1 aliphatic heterocycles. The van der Waals surface area contributed by atoms with Gasteiger partial charge >= 0.3 is 0 Å². The van der Waals surface area contributed by atoms with Crippen molar-refractivity contribution in [2.75, 3.05) is 6.61 Å². The number of epoxide rings is 1. The van der Waals surface area contributed by atoms with Crippen LogP contribution < -0.4 is 4.74 Å². The Hall–Kier alpha value is -1.02. The van der Waals surface area contributed by atoms with Crippen LogP contribution in [0.15, 0.2) is 30.3 Å². The Morgan fingerprint density at radius 3 is 2.24 bits per heavy atom. The Morgan fingerprint density at radius 1 is 0.857 bits per heavy atom. The molecule has 1 fully saturated rings. The normalized spacial score (nSPS) is 20.4. The zero-order valence-corrected chi connectivity index (χ0v) is 13.4. The van der Waals surface area contributed by atoms with Gasteiger partial charge in [0.1, 0.15) is 18.5 Å². The number of benzene rings is 1. The molecule has 0 spiro atoms. The van der Waals surface area contributed by atoms with Crippen molar-refractivity contribution in [3.63, 3.8) is 0 Å². The molecule has 0 saturated carbocycles. The summed E-state index contributed by atoms with van der Waals surface area (Å²) in [5, 5.41) is 0. The SMILES string of the molecule is CCCCCCCCCCC1OC1COc1ccccc1. The van der Waals surface area contributed by atoms with Crippen LogP contribution in [0.4, 0.5) is 0 Å². The maximum Gasteiger partial charge on any atom is 0.119 e. The first kappa shape index (κ1) is 16.4. The Bertz CT molecular complexity index is 363. The van der Waals surface area contributed by atoms with Crippen molar-refractivity contribution >= 4 is 0 Å². The van der Waals surface area contributed by atoms with Gasteiger partial charge in [-0.05, 0) is 18.6 Å². The molecular weight excluding hydrogens is 260 g/mol. The Labute approximate surface area is 129 Å². The van der Waals surface area contributed by atoms with E-state index in [4.69, 9.17) is 9.47 Å².